The van der Waals surface area contributed by atoms with Gasteiger partial charge in [0.1, 0.15) is 0 Å². The Balaban J connectivity index is 1.77. The molecule has 0 saturated carbocycles. The number of fused-ring (bicyclic) bond motifs is 1. The van der Waals surface area contributed by atoms with E-state index in [-0.39, 0.29) is 5.91 Å². The number of carbonyl (C=O) groups excluding carboxylic acids is 1. The number of nitrogens with one attached hydrogen (secondary N) is 1. The van der Waals surface area contributed by atoms with Crippen LogP contribution in [0.15, 0.2) is 54.7 Å². The predicted molar refractivity (Wildman–Crippen MR) is 74.1 cm³/mol. The van der Waals surface area contributed by atoms with E-state index in [0.717, 1.165) is 11.3 Å². The highest BCUT2D eigenvalue weighted by Gasteiger charge is 2.18. The van der Waals surface area contributed by atoms with Gasteiger partial charge in [0.2, 0.25) is 0 Å². The molecule has 1 aliphatic heterocycles. The van der Waals surface area contributed by atoms with Crippen molar-refractivity contribution in [2.24, 2.45) is 0 Å². The summed E-state index contributed by atoms with van der Waals surface area (Å²) < 4.78 is 0. The number of aromatic nitrogens is 3. The van der Waals surface area contributed by atoms with Crippen molar-refractivity contribution in [3.63, 3.8) is 0 Å². The summed E-state index contributed by atoms with van der Waals surface area (Å²) in [5, 5.41) is 10.8. The molecule has 5 nitrogen and oxygen atoms in total. The molecule has 0 saturated heterocycles. The lowest BCUT2D eigenvalue weighted by molar-refractivity contribution is 0.0946. The lowest BCUT2D eigenvalue weighted by atomic mass is 10.1. The second-order valence-corrected chi connectivity index (χ2v) is 4.26. The van der Waals surface area contributed by atoms with Crippen LogP contribution in [0.5, 0.6) is 0 Å². The van der Waals surface area contributed by atoms with Gasteiger partial charge in [0, 0.05) is 11.8 Å². The lowest BCUT2D eigenvalue weighted by Gasteiger charge is -2.03. The van der Waals surface area contributed by atoms with Gasteiger partial charge < -0.3 is 5.32 Å². The SMILES string of the molecule is O=C(NCc1ccccn1)c1nnc2cccccc1-2. The molecule has 0 atom stereocenters. The summed E-state index contributed by atoms with van der Waals surface area (Å²) in [4.78, 5) is 16.3. The second kappa shape index (κ2) is 5.44. The molecule has 1 N–H and O–H groups in total. The molecule has 1 aromatic rings. The van der Waals surface area contributed by atoms with E-state index in [1.165, 1.54) is 0 Å². The van der Waals surface area contributed by atoms with Crippen LogP contribution in [0.1, 0.15) is 16.2 Å². The Bertz CT molecular complexity index is 699. The molecule has 0 spiro atoms. The molecule has 0 fully saturated rings. The van der Waals surface area contributed by atoms with Gasteiger partial charge in [0.25, 0.3) is 5.91 Å². The van der Waals surface area contributed by atoms with E-state index in [0.29, 0.717) is 17.9 Å². The molecule has 98 valence electrons. The quantitative estimate of drug-likeness (QED) is 0.784. The number of pyridine rings is 1. The maximum absolute atomic E-state index is 12.2. The van der Waals surface area contributed by atoms with Crippen LogP contribution in [0.3, 0.4) is 0 Å². The molecular formula is C15H12N4O. The average Bonchev–Trinajstić information content (AvgIpc) is 2.75. The van der Waals surface area contributed by atoms with Crippen LogP contribution in [0.25, 0.3) is 11.3 Å². The number of amides is 1. The minimum Gasteiger partial charge on any atom is -0.345 e. The van der Waals surface area contributed by atoms with E-state index < -0.39 is 0 Å². The fourth-order valence-electron chi connectivity index (χ4n) is 1.91. The zero-order valence-corrected chi connectivity index (χ0v) is 10.7. The molecule has 0 unspecified atom stereocenters. The number of hydrogen-bond donors (Lipinski definition) is 1. The second-order valence-electron chi connectivity index (χ2n) is 4.26. The van der Waals surface area contributed by atoms with Crippen LogP contribution < -0.4 is 5.32 Å². The molecule has 5 heteroatoms. The van der Waals surface area contributed by atoms with E-state index in [1.54, 1.807) is 6.20 Å². The Morgan fingerprint density at radius 2 is 1.85 bits per heavy atom. The van der Waals surface area contributed by atoms with Crippen molar-refractivity contribution >= 4 is 5.91 Å². The maximum atomic E-state index is 12.2. The molecule has 1 amide bonds. The van der Waals surface area contributed by atoms with Crippen molar-refractivity contribution in [3.8, 4) is 11.3 Å². The van der Waals surface area contributed by atoms with E-state index in [1.807, 2.05) is 48.5 Å². The van der Waals surface area contributed by atoms with E-state index >= 15 is 0 Å². The smallest absolute Gasteiger partial charge is 0.272 e. The lowest BCUT2D eigenvalue weighted by Crippen LogP contribution is -2.24. The molecule has 1 aliphatic carbocycles. The Morgan fingerprint density at radius 1 is 1.00 bits per heavy atom. The Kier molecular flexibility index (Phi) is 3.33. The van der Waals surface area contributed by atoms with Gasteiger partial charge in [-0.3, -0.25) is 9.78 Å². The number of nitrogens with zero attached hydrogens (tertiary/aromatic N) is 3. The van der Waals surface area contributed by atoms with Crippen LogP contribution in [-0.2, 0) is 6.54 Å². The van der Waals surface area contributed by atoms with Crippen molar-refractivity contribution in [1.29, 1.82) is 0 Å². The van der Waals surface area contributed by atoms with E-state index in [4.69, 9.17) is 0 Å². The van der Waals surface area contributed by atoms with Gasteiger partial charge in [0.05, 0.1) is 17.9 Å². The molecule has 2 heterocycles. The summed E-state index contributed by atoms with van der Waals surface area (Å²) in [5.41, 5.74) is 2.59. The highest BCUT2D eigenvalue weighted by atomic mass is 16.1. The largest absolute Gasteiger partial charge is 0.345 e. The summed E-state index contributed by atoms with van der Waals surface area (Å²) in [5.74, 6) is -0.246. The predicted octanol–water partition coefficient (Wildman–Crippen LogP) is 1.91. The first-order valence-electron chi connectivity index (χ1n) is 6.24. The van der Waals surface area contributed by atoms with Gasteiger partial charge >= 0.3 is 0 Å². The fraction of sp³-hybridized carbons (Fsp3) is 0.0667. The van der Waals surface area contributed by atoms with Gasteiger partial charge in [-0.15, -0.1) is 10.2 Å². The highest BCUT2D eigenvalue weighted by molar-refractivity contribution is 5.98. The minimum atomic E-state index is -0.246. The summed E-state index contributed by atoms with van der Waals surface area (Å²) in [7, 11) is 0. The van der Waals surface area contributed by atoms with Crippen LogP contribution in [0.4, 0.5) is 0 Å². The van der Waals surface area contributed by atoms with Gasteiger partial charge in [-0.05, 0) is 18.2 Å². The van der Waals surface area contributed by atoms with Crippen LogP contribution in [0.2, 0.25) is 0 Å². The van der Waals surface area contributed by atoms with E-state index in [9.17, 15) is 4.79 Å². The number of rotatable bonds is 3. The number of hydrogen-bond acceptors (Lipinski definition) is 4. The molecule has 0 aromatic carbocycles. The Hall–Kier alpha value is -2.82. The molecule has 0 bridgehead atoms. The third kappa shape index (κ3) is 2.47. The Morgan fingerprint density at radius 3 is 2.70 bits per heavy atom. The standard InChI is InChI=1S/C15H12N4O/c20-15(17-10-11-6-4-5-9-16-11)14-12-7-2-1-3-8-13(12)18-19-14/h1-9H,10H2,(H,17,20). The molecule has 2 aliphatic rings. The van der Waals surface area contributed by atoms with Crippen LogP contribution in [-0.4, -0.2) is 21.1 Å². The molecule has 1 aromatic heterocycles. The monoisotopic (exact) mass is 264 g/mol. The van der Waals surface area contributed by atoms with Gasteiger partial charge in [-0.1, -0.05) is 30.3 Å². The maximum Gasteiger partial charge on any atom is 0.272 e. The average molecular weight is 264 g/mol. The summed E-state index contributed by atoms with van der Waals surface area (Å²) >= 11 is 0. The van der Waals surface area contributed by atoms with Gasteiger partial charge in [-0.25, -0.2) is 0 Å². The minimum absolute atomic E-state index is 0.246. The Labute approximate surface area is 116 Å². The highest BCUT2D eigenvalue weighted by Crippen LogP contribution is 2.21. The summed E-state index contributed by atoms with van der Waals surface area (Å²) in [6, 6.07) is 14.9. The first kappa shape index (κ1) is 12.2. The van der Waals surface area contributed by atoms with Crippen molar-refractivity contribution in [2.45, 2.75) is 6.54 Å². The summed E-state index contributed by atoms with van der Waals surface area (Å²) in [6.45, 7) is 0.368. The molecule has 3 rings (SSSR count). The van der Waals surface area contributed by atoms with Crippen LogP contribution >= 0.6 is 0 Å². The molecule has 20 heavy (non-hydrogen) atoms. The van der Waals surface area contributed by atoms with Crippen molar-refractivity contribution in [1.82, 2.24) is 20.5 Å². The van der Waals surface area contributed by atoms with Crippen molar-refractivity contribution in [3.05, 3.63) is 66.1 Å². The zero-order chi connectivity index (χ0) is 13.8. The third-order valence-corrected chi connectivity index (χ3v) is 2.90. The molecular weight excluding hydrogens is 252 g/mol. The first-order chi connectivity index (χ1) is 9.84. The first-order valence-corrected chi connectivity index (χ1v) is 6.24. The topological polar surface area (TPSA) is 67.8 Å². The van der Waals surface area contributed by atoms with Gasteiger partial charge in [0.15, 0.2) is 5.69 Å². The summed E-state index contributed by atoms with van der Waals surface area (Å²) in [6.07, 6.45) is 1.69. The van der Waals surface area contributed by atoms with E-state index in [2.05, 4.69) is 20.5 Å². The number of carbonyl (C=O) groups is 1. The molecule has 0 radical (unpaired) electrons. The van der Waals surface area contributed by atoms with Crippen LogP contribution in [0, 0.1) is 0 Å². The van der Waals surface area contributed by atoms with Crippen molar-refractivity contribution < 1.29 is 4.79 Å². The van der Waals surface area contributed by atoms with Crippen molar-refractivity contribution in [2.75, 3.05) is 0 Å². The normalized spacial score (nSPS) is 10.4. The van der Waals surface area contributed by atoms with Gasteiger partial charge in [-0.2, -0.15) is 0 Å². The zero-order valence-electron chi connectivity index (χ0n) is 10.7. The third-order valence-electron chi connectivity index (χ3n) is 2.90. The fourth-order valence-corrected chi connectivity index (χ4v) is 1.91.